The minimum absolute atomic E-state index is 0.697. The summed E-state index contributed by atoms with van der Waals surface area (Å²) in [7, 11) is 0. The fourth-order valence-electron chi connectivity index (χ4n) is 2.07. The molecule has 0 radical (unpaired) electrons. The van der Waals surface area contributed by atoms with Crippen molar-refractivity contribution >= 4 is 33.9 Å². The Morgan fingerprint density at radius 2 is 1.95 bits per heavy atom. The number of fused-ring (bicyclic) bond motifs is 1. The lowest BCUT2D eigenvalue weighted by Gasteiger charge is -2.10. The molecule has 0 bridgehead atoms. The van der Waals surface area contributed by atoms with Gasteiger partial charge in [0.25, 0.3) is 0 Å². The normalized spacial score (nSPS) is 10.4. The molecule has 20 heavy (non-hydrogen) atoms. The van der Waals surface area contributed by atoms with Crippen LogP contribution >= 0.6 is 11.6 Å². The van der Waals surface area contributed by atoms with E-state index in [-0.39, 0.29) is 0 Å². The molecule has 3 heteroatoms. The standard InChI is InChI=1S/C17H13ClN2/c1-12(20-16-6-2-5-15(18)11-16)14-8-7-13-4-3-9-19-17(13)10-14/h2-11,20H,1H2. The average molecular weight is 281 g/mol. The summed E-state index contributed by atoms with van der Waals surface area (Å²) >= 11 is 5.97. The molecule has 1 N–H and O–H groups in total. The molecule has 0 amide bonds. The summed E-state index contributed by atoms with van der Waals surface area (Å²) < 4.78 is 0. The van der Waals surface area contributed by atoms with E-state index in [4.69, 9.17) is 11.6 Å². The smallest absolute Gasteiger partial charge is 0.0708 e. The van der Waals surface area contributed by atoms with E-state index in [2.05, 4.69) is 16.9 Å². The van der Waals surface area contributed by atoms with Gasteiger partial charge in [-0.05, 0) is 35.9 Å². The van der Waals surface area contributed by atoms with Crippen LogP contribution in [0, 0.1) is 0 Å². The molecule has 0 unspecified atom stereocenters. The van der Waals surface area contributed by atoms with Gasteiger partial charge >= 0.3 is 0 Å². The zero-order valence-corrected chi connectivity index (χ0v) is 11.6. The fourth-order valence-corrected chi connectivity index (χ4v) is 2.26. The Kier molecular flexibility index (Phi) is 3.40. The van der Waals surface area contributed by atoms with Gasteiger partial charge in [-0.25, -0.2) is 0 Å². The van der Waals surface area contributed by atoms with Gasteiger partial charge in [0.05, 0.1) is 5.52 Å². The maximum absolute atomic E-state index is 5.97. The van der Waals surface area contributed by atoms with Crippen molar-refractivity contribution in [3.05, 3.63) is 78.0 Å². The first-order valence-corrected chi connectivity index (χ1v) is 6.67. The number of nitrogens with zero attached hydrogens (tertiary/aromatic N) is 1. The summed E-state index contributed by atoms with van der Waals surface area (Å²) in [6, 6.07) is 17.6. The molecule has 2 nitrogen and oxygen atoms in total. The van der Waals surface area contributed by atoms with Gasteiger partial charge in [0.2, 0.25) is 0 Å². The van der Waals surface area contributed by atoms with Crippen molar-refractivity contribution in [2.45, 2.75) is 0 Å². The molecule has 0 saturated heterocycles. The minimum Gasteiger partial charge on any atom is -0.355 e. The monoisotopic (exact) mass is 280 g/mol. The van der Waals surface area contributed by atoms with Crippen LogP contribution < -0.4 is 5.32 Å². The molecule has 0 aliphatic heterocycles. The third kappa shape index (κ3) is 2.65. The van der Waals surface area contributed by atoms with Crippen LogP contribution in [0.4, 0.5) is 5.69 Å². The highest BCUT2D eigenvalue weighted by atomic mass is 35.5. The van der Waals surface area contributed by atoms with Crippen LogP contribution in [0.3, 0.4) is 0 Å². The zero-order chi connectivity index (χ0) is 13.9. The van der Waals surface area contributed by atoms with E-state index in [0.29, 0.717) is 5.02 Å². The quantitative estimate of drug-likeness (QED) is 0.732. The van der Waals surface area contributed by atoms with Crippen LogP contribution in [0.15, 0.2) is 67.4 Å². The van der Waals surface area contributed by atoms with Crippen molar-refractivity contribution in [1.29, 1.82) is 0 Å². The van der Waals surface area contributed by atoms with E-state index in [9.17, 15) is 0 Å². The molecule has 1 heterocycles. The van der Waals surface area contributed by atoms with Gasteiger partial charge < -0.3 is 5.32 Å². The highest BCUT2D eigenvalue weighted by Crippen LogP contribution is 2.22. The van der Waals surface area contributed by atoms with E-state index < -0.39 is 0 Å². The van der Waals surface area contributed by atoms with Crippen LogP contribution in [-0.2, 0) is 0 Å². The molecular formula is C17H13ClN2. The van der Waals surface area contributed by atoms with Gasteiger partial charge in [-0.2, -0.15) is 0 Å². The van der Waals surface area contributed by atoms with Gasteiger partial charge in [0, 0.05) is 28.0 Å². The maximum atomic E-state index is 5.97. The summed E-state index contributed by atoms with van der Waals surface area (Å²) in [6.45, 7) is 4.07. The average Bonchev–Trinajstić information content (AvgIpc) is 2.47. The van der Waals surface area contributed by atoms with E-state index >= 15 is 0 Å². The first kappa shape index (κ1) is 12.7. The van der Waals surface area contributed by atoms with Crippen LogP contribution in [0.1, 0.15) is 5.56 Å². The second-order valence-corrected chi connectivity index (χ2v) is 4.96. The number of halogens is 1. The number of pyridine rings is 1. The van der Waals surface area contributed by atoms with Crippen molar-refractivity contribution in [1.82, 2.24) is 4.98 Å². The lowest BCUT2D eigenvalue weighted by atomic mass is 10.1. The van der Waals surface area contributed by atoms with Crippen LogP contribution in [0.5, 0.6) is 0 Å². The lowest BCUT2D eigenvalue weighted by Crippen LogP contribution is -1.97. The highest BCUT2D eigenvalue weighted by molar-refractivity contribution is 6.30. The molecule has 1 aromatic heterocycles. The van der Waals surface area contributed by atoms with Gasteiger partial charge in [0.15, 0.2) is 0 Å². The third-order valence-corrected chi connectivity index (χ3v) is 3.31. The molecule has 98 valence electrons. The Bertz CT molecular complexity index is 781. The molecule has 0 aliphatic rings. The number of hydrogen-bond donors (Lipinski definition) is 1. The molecular weight excluding hydrogens is 268 g/mol. The van der Waals surface area contributed by atoms with Crippen molar-refractivity contribution in [3.8, 4) is 0 Å². The van der Waals surface area contributed by atoms with Gasteiger partial charge in [0.1, 0.15) is 0 Å². The Morgan fingerprint density at radius 3 is 2.80 bits per heavy atom. The van der Waals surface area contributed by atoms with E-state index in [0.717, 1.165) is 27.9 Å². The van der Waals surface area contributed by atoms with Crippen molar-refractivity contribution in [2.75, 3.05) is 5.32 Å². The van der Waals surface area contributed by atoms with Gasteiger partial charge in [-0.15, -0.1) is 0 Å². The molecule has 3 aromatic rings. The SMILES string of the molecule is C=C(Nc1cccc(Cl)c1)c1ccc2cccnc2c1. The molecule has 0 fully saturated rings. The number of aromatic nitrogens is 1. The first-order chi connectivity index (χ1) is 9.72. The largest absolute Gasteiger partial charge is 0.355 e. The van der Waals surface area contributed by atoms with Crippen molar-refractivity contribution < 1.29 is 0 Å². The summed E-state index contributed by atoms with van der Waals surface area (Å²) in [5, 5.41) is 5.07. The number of anilines is 1. The highest BCUT2D eigenvalue weighted by Gasteiger charge is 2.02. The molecule has 0 aliphatic carbocycles. The Labute approximate surface area is 122 Å². The maximum Gasteiger partial charge on any atom is 0.0708 e. The summed E-state index contributed by atoms with van der Waals surface area (Å²) in [5.74, 6) is 0. The van der Waals surface area contributed by atoms with Crippen molar-refractivity contribution in [3.63, 3.8) is 0 Å². The van der Waals surface area contributed by atoms with Crippen LogP contribution in [0.2, 0.25) is 5.02 Å². The van der Waals surface area contributed by atoms with Gasteiger partial charge in [-0.3, -0.25) is 4.98 Å². The predicted octanol–water partition coefficient (Wildman–Crippen LogP) is 4.97. The summed E-state index contributed by atoms with van der Waals surface area (Å²) in [6.07, 6.45) is 1.79. The fraction of sp³-hybridized carbons (Fsp3) is 0. The predicted molar refractivity (Wildman–Crippen MR) is 85.9 cm³/mol. The second kappa shape index (κ2) is 5.35. The van der Waals surface area contributed by atoms with Crippen LogP contribution in [-0.4, -0.2) is 4.98 Å². The number of benzene rings is 2. The lowest BCUT2D eigenvalue weighted by molar-refractivity contribution is 1.40. The molecule has 0 spiro atoms. The van der Waals surface area contributed by atoms with Crippen LogP contribution in [0.25, 0.3) is 16.6 Å². The Morgan fingerprint density at radius 1 is 1.05 bits per heavy atom. The molecule has 2 aromatic carbocycles. The molecule has 0 atom stereocenters. The number of rotatable bonds is 3. The number of nitrogens with one attached hydrogen (secondary N) is 1. The zero-order valence-electron chi connectivity index (χ0n) is 10.8. The molecule has 3 rings (SSSR count). The summed E-state index contributed by atoms with van der Waals surface area (Å²) in [5.41, 5.74) is 3.71. The van der Waals surface area contributed by atoms with E-state index in [1.165, 1.54) is 0 Å². The van der Waals surface area contributed by atoms with Gasteiger partial charge in [-0.1, -0.05) is 42.4 Å². The topological polar surface area (TPSA) is 24.9 Å². The second-order valence-electron chi connectivity index (χ2n) is 4.52. The van der Waals surface area contributed by atoms with E-state index in [1.807, 2.05) is 54.6 Å². The van der Waals surface area contributed by atoms with Crippen molar-refractivity contribution in [2.24, 2.45) is 0 Å². The molecule has 0 saturated carbocycles. The van der Waals surface area contributed by atoms with E-state index in [1.54, 1.807) is 6.20 Å². The minimum atomic E-state index is 0.697. The third-order valence-electron chi connectivity index (χ3n) is 3.07. The summed E-state index contributed by atoms with van der Waals surface area (Å²) in [4.78, 5) is 4.36. The Hall–Kier alpha value is -2.32. The Balaban J connectivity index is 1.88. The first-order valence-electron chi connectivity index (χ1n) is 6.29. The number of hydrogen-bond acceptors (Lipinski definition) is 2.